The molecule has 0 aliphatic heterocycles. The fourth-order valence-corrected chi connectivity index (χ4v) is 2.59. The first-order valence-electron chi connectivity index (χ1n) is 6.03. The molecule has 0 saturated heterocycles. The van der Waals surface area contributed by atoms with Crippen LogP contribution in [0.25, 0.3) is 0 Å². The Hall–Kier alpha value is -1.92. The quantitative estimate of drug-likeness (QED) is 0.290. The van der Waals surface area contributed by atoms with Crippen LogP contribution >= 0.6 is 23.4 Å². The lowest BCUT2D eigenvalue weighted by Gasteiger charge is -2.09. The summed E-state index contributed by atoms with van der Waals surface area (Å²) in [4.78, 5) is 4.22. The number of methoxy groups -OCH3 is 1. The van der Waals surface area contributed by atoms with Crippen LogP contribution in [0.1, 0.15) is 11.1 Å². The van der Waals surface area contributed by atoms with Crippen LogP contribution in [-0.4, -0.2) is 23.1 Å². The van der Waals surface area contributed by atoms with Crippen LogP contribution in [0.15, 0.2) is 46.7 Å². The van der Waals surface area contributed by atoms with Crippen LogP contribution in [-0.2, 0) is 5.75 Å². The summed E-state index contributed by atoms with van der Waals surface area (Å²) in [5.74, 6) is 1.31. The summed E-state index contributed by atoms with van der Waals surface area (Å²) in [5.41, 5.74) is 7.19. The van der Waals surface area contributed by atoms with E-state index in [9.17, 15) is 0 Å². The number of nitrogens with zero attached hydrogens (tertiary/aromatic N) is 2. The van der Waals surface area contributed by atoms with Crippen LogP contribution in [0.3, 0.4) is 0 Å². The molecule has 0 aliphatic carbocycles. The van der Waals surface area contributed by atoms with E-state index in [0.29, 0.717) is 16.3 Å². The molecule has 3 N–H and O–H groups in total. The van der Waals surface area contributed by atoms with E-state index >= 15 is 0 Å². The first kappa shape index (κ1) is 15.5. The van der Waals surface area contributed by atoms with Crippen LogP contribution in [0, 0.1) is 0 Å². The van der Waals surface area contributed by atoms with Gasteiger partial charge in [0.05, 0.1) is 22.7 Å². The Morgan fingerprint density at radius 3 is 2.86 bits per heavy atom. The number of rotatable bonds is 5. The molecule has 1 aromatic carbocycles. The summed E-state index contributed by atoms with van der Waals surface area (Å²) >= 11 is 7.38. The predicted molar refractivity (Wildman–Crippen MR) is 84.3 cm³/mol. The first-order valence-corrected chi connectivity index (χ1v) is 7.39. The van der Waals surface area contributed by atoms with Gasteiger partial charge in [-0.05, 0) is 29.8 Å². The first-order chi connectivity index (χ1) is 10.1. The molecular formula is C14H14ClN3O2S. The largest absolute Gasteiger partial charge is 0.496 e. The minimum atomic E-state index is 0.0189. The molecule has 1 aromatic heterocycles. The number of pyridine rings is 1. The normalized spacial score (nSPS) is 11.4. The van der Waals surface area contributed by atoms with Crippen molar-refractivity contribution in [2.45, 2.75) is 10.8 Å². The van der Waals surface area contributed by atoms with Gasteiger partial charge in [0.25, 0.3) is 0 Å². The molecule has 0 amide bonds. The van der Waals surface area contributed by atoms with E-state index in [4.69, 9.17) is 27.3 Å². The van der Waals surface area contributed by atoms with Gasteiger partial charge in [-0.15, -0.1) is 11.8 Å². The fraction of sp³-hybridized carbons (Fsp3) is 0.143. The predicted octanol–water partition coefficient (Wildman–Crippen LogP) is 3.13. The van der Waals surface area contributed by atoms with Gasteiger partial charge >= 0.3 is 0 Å². The van der Waals surface area contributed by atoms with Gasteiger partial charge in [0.1, 0.15) is 5.75 Å². The summed E-state index contributed by atoms with van der Waals surface area (Å²) in [6.45, 7) is 0. The molecule has 5 nitrogen and oxygen atoms in total. The second-order valence-electron chi connectivity index (χ2n) is 4.12. The van der Waals surface area contributed by atoms with E-state index < -0.39 is 0 Å². The van der Waals surface area contributed by atoms with Crippen molar-refractivity contribution in [1.82, 2.24) is 4.98 Å². The number of hydrogen-bond donors (Lipinski definition) is 2. The molecule has 0 radical (unpaired) electrons. The topological polar surface area (TPSA) is 80.7 Å². The molecule has 7 heteroatoms. The molecule has 0 spiro atoms. The summed E-state index contributed by atoms with van der Waals surface area (Å²) in [6.07, 6.45) is 1.62. The second kappa shape index (κ2) is 7.19. The maximum absolute atomic E-state index is 8.74. The molecule has 0 bridgehead atoms. The van der Waals surface area contributed by atoms with Crippen molar-refractivity contribution in [2.75, 3.05) is 7.11 Å². The minimum absolute atomic E-state index is 0.0189. The van der Waals surface area contributed by atoms with Gasteiger partial charge in [0.15, 0.2) is 5.84 Å². The van der Waals surface area contributed by atoms with E-state index in [1.165, 1.54) is 0 Å². The number of benzene rings is 1. The van der Waals surface area contributed by atoms with Crippen molar-refractivity contribution >= 4 is 29.2 Å². The molecule has 2 aromatic rings. The van der Waals surface area contributed by atoms with Crippen molar-refractivity contribution < 1.29 is 9.94 Å². The fourth-order valence-electron chi connectivity index (χ4n) is 1.70. The number of oxime groups is 1. The average molecular weight is 324 g/mol. The summed E-state index contributed by atoms with van der Waals surface area (Å²) in [6, 6.07) is 9.20. The molecule has 0 atom stereocenters. The number of hydrogen-bond acceptors (Lipinski definition) is 5. The number of nitrogens with two attached hydrogens (primary N) is 1. The van der Waals surface area contributed by atoms with E-state index in [1.54, 1.807) is 37.2 Å². The monoisotopic (exact) mass is 323 g/mol. The molecule has 21 heavy (non-hydrogen) atoms. The van der Waals surface area contributed by atoms with Crippen molar-refractivity contribution in [1.29, 1.82) is 0 Å². The molecule has 0 unspecified atom stereocenters. The molecule has 0 aliphatic rings. The van der Waals surface area contributed by atoms with Crippen LogP contribution < -0.4 is 10.5 Å². The van der Waals surface area contributed by atoms with E-state index in [2.05, 4.69) is 10.1 Å². The van der Waals surface area contributed by atoms with E-state index in [-0.39, 0.29) is 5.84 Å². The van der Waals surface area contributed by atoms with Crippen molar-refractivity contribution in [3.05, 3.63) is 52.7 Å². The maximum Gasteiger partial charge on any atom is 0.173 e. The van der Waals surface area contributed by atoms with Crippen LogP contribution in [0.5, 0.6) is 5.75 Å². The molecule has 0 saturated carbocycles. The van der Waals surface area contributed by atoms with Crippen molar-refractivity contribution in [2.24, 2.45) is 10.9 Å². The lowest BCUT2D eigenvalue weighted by molar-refractivity contribution is 0.318. The molecule has 2 rings (SSSR count). The van der Waals surface area contributed by atoms with Gasteiger partial charge in [-0.1, -0.05) is 22.8 Å². The lowest BCUT2D eigenvalue weighted by atomic mass is 10.1. The maximum atomic E-state index is 8.74. The third-order valence-corrected chi connectivity index (χ3v) is 3.98. The second-order valence-corrected chi connectivity index (χ2v) is 5.56. The van der Waals surface area contributed by atoms with Gasteiger partial charge in [-0.25, -0.2) is 4.98 Å². The van der Waals surface area contributed by atoms with Gasteiger partial charge in [0, 0.05) is 11.9 Å². The number of aromatic nitrogens is 1. The smallest absolute Gasteiger partial charge is 0.173 e. The highest BCUT2D eigenvalue weighted by Gasteiger charge is 2.09. The molecular weight excluding hydrogens is 310 g/mol. The highest BCUT2D eigenvalue weighted by molar-refractivity contribution is 7.98. The number of amidine groups is 1. The number of halogens is 1. The SMILES string of the molecule is COc1cc(CSc2ccc(Cl)cn2)ccc1/C(N)=N/O. The summed E-state index contributed by atoms with van der Waals surface area (Å²) < 4.78 is 5.26. The average Bonchev–Trinajstić information content (AvgIpc) is 2.53. The third kappa shape index (κ3) is 4.03. The Morgan fingerprint density at radius 2 is 2.24 bits per heavy atom. The number of ether oxygens (including phenoxy) is 1. The number of thioether (sulfide) groups is 1. The molecule has 0 fully saturated rings. The Bertz CT molecular complexity index is 647. The Labute approximate surface area is 131 Å². The van der Waals surface area contributed by atoms with Gasteiger partial charge in [-0.3, -0.25) is 0 Å². The Balaban J connectivity index is 2.12. The van der Waals surface area contributed by atoms with Crippen LogP contribution in [0.4, 0.5) is 0 Å². The van der Waals surface area contributed by atoms with E-state index in [1.807, 2.05) is 18.2 Å². The van der Waals surface area contributed by atoms with Gasteiger partial charge in [0.2, 0.25) is 0 Å². The molecule has 1 heterocycles. The Kier molecular flexibility index (Phi) is 5.30. The highest BCUT2D eigenvalue weighted by atomic mass is 35.5. The van der Waals surface area contributed by atoms with E-state index in [0.717, 1.165) is 16.3 Å². The van der Waals surface area contributed by atoms with Crippen LogP contribution in [0.2, 0.25) is 5.02 Å². The summed E-state index contributed by atoms with van der Waals surface area (Å²) in [7, 11) is 1.54. The zero-order valence-corrected chi connectivity index (χ0v) is 12.9. The van der Waals surface area contributed by atoms with Gasteiger partial charge in [-0.2, -0.15) is 0 Å². The highest BCUT2D eigenvalue weighted by Crippen LogP contribution is 2.26. The zero-order valence-electron chi connectivity index (χ0n) is 11.3. The summed E-state index contributed by atoms with van der Waals surface area (Å²) in [5, 5.41) is 13.2. The molecule has 110 valence electrons. The Morgan fingerprint density at radius 1 is 1.43 bits per heavy atom. The standard InChI is InChI=1S/C14H14ClN3O2S/c1-20-12-6-9(2-4-11(12)14(16)18-19)8-21-13-5-3-10(15)7-17-13/h2-7,19H,8H2,1H3,(H2,16,18). The zero-order chi connectivity index (χ0) is 15.2. The lowest BCUT2D eigenvalue weighted by Crippen LogP contribution is -2.14. The van der Waals surface area contributed by atoms with Gasteiger partial charge < -0.3 is 15.7 Å². The van der Waals surface area contributed by atoms with Crippen molar-refractivity contribution in [3.63, 3.8) is 0 Å². The third-order valence-electron chi connectivity index (χ3n) is 2.74. The minimum Gasteiger partial charge on any atom is -0.496 e. The van der Waals surface area contributed by atoms with Crippen molar-refractivity contribution in [3.8, 4) is 5.75 Å².